The van der Waals surface area contributed by atoms with Gasteiger partial charge in [0.15, 0.2) is 0 Å². The number of nitrogens with zero attached hydrogens (tertiary/aromatic N) is 1. The highest BCUT2D eigenvalue weighted by atomic mass is 16.2. The minimum absolute atomic E-state index is 0.0125. The summed E-state index contributed by atoms with van der Waals surface area (Å²) in [6.45, 7) is 10.2. The van der Waals surface area contributed by atoms with E-state index in [0.29, 0.717) is 13.1 Å². The molecular formula is C12H27N3O. The van der Waals surface area contributed by atoms with Crippen molar-refractivity contribution in [3.05, 3.63) is 0 Å². The van der Waals surface area contributed by atoms with E-state index in [9.17, 15) is 4.79 Å². The Hall–Kier alpha value is -0.770. The molecule has 0 aromatic carbocycles. The summed E-state index contributed by atoms with van der Waals surface area (Å²) >= 11 is 0. The fraction of sp³-hybridized carbons (Fsp3) is 0.917. The van der Waals surface area contributed by atoms with Crippen molar-refractivity contribution in [2.75, 3.05) is 19.6 Å². The fourth-order valence-electron chi connectivity index (χ4n) is 2.05. The molecule has 0 aromatic rings. The van der Waals surface area contributed by atoms with E-state index in [2.05, 4.69) is 19.2 Å². The van der Waals surface area contributed by atoms with E-state index in [0.717, 1.165) is 25.8 Å². The molecule has 0 unspecified atom stereocenters. The SMILES string of the molecule is CCCNC(=O)N(CC)C(CC)(CC)CN. The van der Waals surface area contributed by atoms with Crippen LogP contribution in [0.5, 0.6) is 0 Å². The summed E-state index contributed by atoms with van der Waals surface area (Å²) in [6.07, 6.45) is 2.75. The number of carbonyl (C=O) groups is 1. The molecule has 0 saturated carbocycles. The quantitative estimate of drug-likeness (QED) is 0.701. The summed E-state index contributed by atoms with van der Waals surface area (Å²) in [4.78, 5) is 13.9. The largest absolute Gasteiger partial charge is 0.338 e. The van der Waals surface area contributed by atoms with Gasteiger partial charge in [0.05, 0.1) is 5.54 Å². The van der Waals surface area contributed by atoms with Crippen LogP contribution in [-0.2, 0) is 0 Å². The Morgan fingerprint density at radius 3 is 2.12 bits per heavy atom. The van der Waals surface area contributed by atoms with Gasteiger partial charge in [-0.25, -0.2) is 4.79 Å². The second-order valence-electron chi connectivity index (χ2n) is 4.11. The molecule has 0 aliphatic rings. The molecule has 0 fully saturated rings. The smallest absolute Gasteiger partial charge is 0.317 e. The van der Waals surface area contributed by atoms with Crippen molar-refractivity contribution in [3.63, 3.8) is 0 Å². The first kappa shape index (κ1) is 15.2. The van der Waals surface area contributed by atoms with Gasteiger partial charge in [0.2, 0.25) is 0 Å². The fourth-order valence-corrected chi connectivity index (χ4v) is 2.05. The van der Waals surface area contributed by atoms with Gasteiger partial charge in [0.25, 0.3) is 0 Å². The summed E-state index contributed by atoms with van der Waals surface area (Å²) < 4.78 is 0. The minimum Gasteiger partial charge on any atom is -0.338 e. The number of rotatable bonds is 7. The predicted molar refractivity (Wildman–Crippen MR) is 68.4 cm³/mol. The number of likely N-dealkylation sites (N-methyl/N-ethyl adjacent to an activating group) is 1. The van der Waals surface area contributed by atoms with Gasteiger partial charge in [-0.2, -0.15) is 0 Å². The summed E-state index contributed by atoms with van der Waals surface area (Å²) in [7, 11) is 0. The van der Waals surface area contributed by atoms with Gasteiger partial charge >= 0.3 is 6.03 Å². The molecule has 0 rings (SSSR count). The average molecular weight is 229 g/mol. The highest BCUT2D eigenvalue weighted by molar-refractivity contribution is 5.75. The van der Waals surface area contributed by atoms with Crippen LogP contribution < -0.4 is 11.1 Å². The molecule has 0 saturated heterocycles. The molecule has 96 valence electrons. The number of hydrogen-bond acceptors (Lipinski definition) is 2. The predicted octanol–water partition coefficient (Wildman–Crippen LogP) is 1.95. The molecule has 4 heteroatoms. The normalized spacial score (nSPS) is 11.3. The number of nitrogens with one attached hydrogen (secondary N) is 1. The Kier molecular flexibility index (Phi) is 7.13. The summed E-state index contributed by atoms with van der Waals surface area (Å²) in [5.74, 6) is 0. The van der Waals surface area contributed by atoms with Gasteiger partial charge in [-0.3, -0.25) is 0 Å². The molecule has 0 atom stereocenters. The maximum Gasteiger partial charge on any atom is 0.317 e. The van der Waals surface area contributed by atoms with Gasteiger partial charge in [-0.15, -0.1) is 0 Å². The van der Waals surface area contributed by atoms with E-state index in [1.165, 1.54) is 0 Å². The van der Waals surface area contributed by atoms with Crippen molar-refractivity contribution >= 4 is 6.03 Å². The molecule has 0 aliphatic carbocycles. The number of carbonyl (C=O) groups excluding carboxylic acids is 1. The summed E-state index contributed by atoms with van der Waals surface area (Å²) in [6, 6.07) is 0.0125. The van der Waals surface area contributed by atoms with Crippen LogP contribution in [0.15, 0.2) is 0 Å². The van der Waals surface area contributed by atoms with Crippen LogP contribution in [0.4, 0.5) is 4.79 Å². The molecule has 0 aromatic heterocycles. The number of amides is 2. The Morgan fingerprint density at radius 1 is 1.25 bits per heavy atom. The molecule has 0 heterocycles. The maximum absolute atomic E-state index is 12.0. The lowest BCUT2D eigenvalue weighted by atomic mass is 9.91. The van der Waals surface area contributed by atoms with Crippen molar-refractivity contribution in [1.82, 2.24) is 10.2 Å². The van der Waals surface area contributed by atoms with E-state index in [1.54, 1.807) is 0 Å². The first-order chi connectivity index (χ1) is 7.61. The molecule has 2 amide bonds. The average Bonchev–Trinajstić information content (AvgIpc) is 2.33. The second-order valence-corrected chi connectivity index (χ2v) is 4.11. The monoisotopic (exact) mass is 229 g/mol. The van der Waals surface area contributed by atoms with Crippen LogP contribution in [0.2, 0.25) is 0 Å². The van der Waals surface area contributed by atoms with Crippen LogP contribution in [0, 0.1) is 0 Å². The van der Waals surface area contributed by atoms with Crippen LogP contribution in [0.1, 0.15) is 47.0 Å². The van der Waals surface area contributed by atoms with Crippen LogP contribution in [-0.4, -0.2) is 36.1 Å². The van der Waals surface area contributed by atoms with Gasteiger partial charge < -0.3 is 16.0 Å². The molecule has 4 nitrogen and oxygen atoms in total. The van der Waals surface area contributed by atoms with Gasteiger partial charge in [-0.1, -0.05) is 20.8 Å². The van der Waals surface area contributed by atoms with Gasteiger partial charge in [-0.05, 0) is 26.2 Å². The first-order valence-electron chi connectivity index (χ1n) is 6.37. The van der Waals surface area contributed by atoms with E-state index in [4.69, 9.17) is 5.73 Å². The summed E-state index contributed by atoms with van der Waals surface area (Å²) in [5, 5.41) is 2.92. The lowest BCUT2D eigenvalue weighted by molar-refractivity contribution is 0.113. The Labute approximate surface area is 99.6 Å². The Morgan fingerprint density at radius 2 is 1.81 bits per heavy atom. The van der Waals surface area contributed by atoms with E-state index < -0.39 is 0 Å². The maximum atomic E-state index is 12.0. The Balaban J connectivity index is 4.72. The van der Waals surface area contributed by atoms with Crippen molar-refractivity contribution in [1.29, 1.82) is 0 Å². The number of hydrogen-bond donors (Lipinski definition) is 2. The topological polar surface area (TPSA) is 58.4 Å². The molecule has 0 spiro atoms. The van der Waals surface area contributed by atoms with Crippen LogP contribution >= 0.6 is 0 Å². The molecule has 0 aliphatic heterocycles. The molecule has 3 N–H and O–H groups in total. The van der Waals surface area contributed by atoms with Crippen LogP contribution in [0.25, 0.3) is 0 Å². The lowest BCUT2D eigenvalue weighted by Gasteiger charge is -2.41. The molecule has 16 heavy (non-hydrogen) atoms. The Bertz CT molecular complexity index is 194. The van der Waals surface area contributed by atoms with Crippen molar-refractivity contribution in [3.8, 4) is 0 Å². The third kappa shape index (κ3) is 3.37. The van der Waals surface area contributed by atoms with Crippen molar-refractivity contribution in [2.24, 2.45) is 5.73 Å². The number of urea groups is 1. The standard InChI is InChI=1S/C12H27N3O/c1-5-9-14-11(16)15(8-4)12(6-2,7-3)10-13/h5-10,13H2,1-4H3,(H,14,16). The molecule has 0 radical (unpaired) electrons. The molecular weight excluding hydrogens is 202 g/mol. The first-order valence-corrected chi connectivity index (χ1v) is 6.37. The lowest BCUT2D eigenvalue weighted by Crippen LogP contribution is -2.58. The highest BCUT2D eigenvalue weighted by Gasteiger charge is 2.34. The third-order valence-corrected chi connectivity index (χ3v) is 3.36. The van der Waals surface area contributed by atoms with Crippen LogP contribution in [0.3, 0.4) is 0 Å². The van der Waals surface area contributed by atoms with E-state index in [1.807, 2.05) is 18.7 Å². The van der Waals surface area contributed by atoms with E-state index >= 15 is 0 Å². The highest BCUT2D eigenvalue weighted by Crippen LogP contribution is 2.22. The number of nitrogens with two attached hydrogens (primary N) is 1. The second kappa shape index (κ2) is 7.49. The zero-order valence-electron chi connectivity index (χ0n) is 11.2. The summed E-state index contributed by atoms with van der Waals surface area (Å²) in [5.41, 5.74) is 5.66. The van der Waals surface area contributed by atoms with Crippen molar-refractivity contribution in [2.45, 2.75) is 52.5 Å². The zero-order chi connectivity index (χ0) is 12.6. The van der Waals surface area contributed by atoms with Gasteiger partial charge in [0, 0.05) is 19.6 Å². The van der Waals surface area contributed by atoms with E-state index in [-0.39, 0.29) is 11.6 Å². The molecule has 0 bridgehead atoms. The van der Waals surface area contributed by atoms with Crippen molar-refractivity contribution < 1.29 is 4.79 Å². The minimum atomic E-state index is -0.188. The van der Waals surface area contributed by atoms with Gasteiger partial charge in [0.1, 0.15) is 0 Å². The zero-order valence-corrected chi connectivity index (χ0v) is 11.2. The third-order valence-electron chi connectivity index (χ3n) is 3.36.